The summed E-state index contributed by atoms with van der Waals surface area (Å²) in [6.45, 7) is 1.89. The zero-order valence-electron chi connectivity index (χ0n) is 15.8. The molecule has 150 valence electrons. The lowest BCUT2D eigenvalue weighted by Gasteiger charge is -2.33. The molecular weight excluding hydrogens is 415 g/mol. The number of rotatable bonds is 6. The van der Waals surface area contributed by atoms with Crippen LogP contribution in [0.2, 0.25) is 5.02 Å². The van der Waals surface area contributed by atoms with Crippen molar-refractivity contribution in [1.29, 1.82) is 0 Å². The first kappa shape index (κ1) is 21.2. The fourth-order valence-corrected chi connectivity index (χ4v) is 4.78. The molecule has 1 fully saturated rings. The lowest BCUT2D eigenvalue weighted by Crippen LogP contribution is -2.47. The Bertz CT molecular complexity index is 820. The molecule has 0 unspecified atom stereocenters. The Labute approximate surface area is 179 Å². The van der Waals surface area contributed by atoms with Crippen molar-refractivity contribution in [1.82, 2.24) is 5.32 Å². The van der Waals surface area contributed by atoms with E-state index in [-0.39, 0.29) is 23.7 Å². The molecule has 0 spiro atoms. The molecule has 28 heavy (non-hydrogen) atoms. The van der Waals surface area contributed by atoms with Gasteiger partial charge in [0, 0.05) is 21.6 Å². The fourth-order valence-electron chi connectivity index (χ4n) is 3.67. The van der Waals surface area contributed by atoms with Crippen LogP contribution in [0.25, 0.3) is 0 Å². The van der Waals surface area contributed by atoms with Gasteiger partial charge in [0.2, 0.25) is 11.8 Å². The van der Waals surface area contributed by atoms with E-state index in [0.29, 0.717) is 10.7 Å². The van der Waals surface area contributed by atoms with Gasteiger partial charge in [0.05, 0.1) is 0 Å². The molecule has 2 amide bonds. The highest BCUT2D eigenvalue weighted by molar-refractivity contribution is 7.10. The summed E-state index contributed by atoms with van der Waals surface area (Å²) in [4.78, 5) is 28.5. The molecular formula is C21H24Cl2N2O2S. The number of alkyl halides is 1. The van der Waals surface area contributed by atoms with Gasteiger partial charge in [0.25, 0.3) is 0 Å². The number of thiophene rings is 1. The monoisotopic (exact) mass is 438 g/mol. The van der Waals surface area contributed by atoms with Crippen LogP contribution in [0.4, 0.5) is 5.69 Å². The van der Waals surface area contributed by atoms with Crippen molar-refractivity contribution < 1.29 is 9.59 Å². The maximum atomic E-state index is 13.4. The second-order valence-corrected chi connectivity index (χ2v) is 8.77. The van der Waals surface area contributed by atoms with Gasteiger partial charge in [0.15, 0.2) is 0 Å². The maximum Gasteiger partial charge on any atom is 0.248 e. The highest BCUT2D eigenvalue weighted by Crippen LogP contribution is 2.34. The molecule has 1 heterocycles. The van der Waals surface area contributed by atoms with Crippen LogP contribution in [-0.4, -0.2) is 23.7 Å². The quantitative estimate of drug-likeness (QED) is 0.607. The van der Waals surface area contributed by atoms with Crippen LogP contribution < -0.4 is 10.2 Å². The van der Waals surface area contributed by atoms with Crippen molar-refractivity contribution in [3.8, 4) is 0 Å². The minimum absolute atomic E-state index is 0.150. The summed E-state index contributed by atoms with van der Waals surface area (Å²) in [6.07, 6.45) is 5.39. The van der Waals surface area contributed by atoms with Crippen molar-refractivity contribution in [3.63, 3.8) is 0 Å². The molecule has 0 radical (unpaired) electrons. The van der Waals surface area contributed by atoms with E-state index in [1.165, 1.54) is 22.7 Å². The van der Waals surface area contributed by atoms with E-state index in [1.54, 1.807) is 12.1 Å². The minimum atomic E-state index is -0.773. The highest BCUT2D eigenvalue weighted by Gasteiger charge is 2.35. The van der Waals surface area contributed by atoms with E-state index in [9.17, 15) is 9.59 Å². The molecule has 1 aliphatic rings. The number of anilines is 1. The smallest absolute Gasteiger partial charge is 0.248 e. The Morgan fingerprint density at radius 1 is 1.25 bits per heavy atom. The molecule has 0 bridgehead atoms. The van der Waals surface area contributed by atoms with Gasteiger partial charge in [-0.15, -0.1) is 22.9 Å². The normalized spacial score (nSPS) is 15.8. The Morgan fingerprint density at radius 2 is 2.00 bits per heavy atom. The number of hydrogen-bond acceptors (Lipinski definition) is 3. The second kappa shape index (κ2) is 9.77. The van der Waals surface area contributed by atoms with E-state index >= 15 is 0 Å². The first-order valence-electron chi connectivity index (χ1n) is 9.49. The Hall–Kier alpha value is -1.56. The van der Waals surface area contributed by atoms with E-state index < -0.39 is 6.04 Å². The van der Waals surface area contributed by atoms with Crippen LogP contribution in [0.15, 0.2) is 35.7 Å². The average Bonchev–Trinajstić information content (AvgIpc) is 3.22. The third-order valence-electron chi connectivity index (χ3n) is 5.08. The number of amides is 2. The van der Waals surface area contributed by atoms with Gasteiger partial charge in [-0.05, 0) is 48.9 Å². The Kier molecular flexibility index (Phi) is 7.38. The number of carbonyl (C=O) groups excluding carboxylic acids is 2. The molecule has 0 saturated heterocycles. The van der Waals surface area contributed by atoms with Crippen molar-refractivity contribution in [2.75, 3.05) is 10.8 Å². The molecule has 1 aromatic heterocycles. The Balaban J connectivity index is 2.01. The van der Waals surface area contributed by atoms with Gasteiger partial charge in [-0.25, -0.2) is 0 Å². The van der Waals surface area contributed by atoms with Crippen molar-refractivity contribution in [2.45, 2.75) is 51.1 Å². The summed E-state index contributed by atoms with van der Waals surface area (Å²) in [5.41, 5.74) is 1.46. The number of carbonyl (C=O) groups is 2. The third kappa shape index (κ3) is 4.88. The van der Waals surface area contributed by atoms with Crippen LogP contribution in [0, 0.1) is 6.92 Å². The molecule has 3 rings (SSSR count). The van der Waals surface area contributed by atoms with Crippen molar-refractivity contribution >= 4 is 52.0 Å². The van der Waals surface area contributed by atoms with Crippen LogP contribution in [0.3, 0.4) is 0 Å². The summed E-state index contributed by atoms with van der Waals surface area (Å²) < 4.78 is 0. The molecule has 1 atom stereocenters. The lowest BCUT2D eigenvalue weighted by molar-refractivity contribution is -0.126. The molecule has 1 aromatic carbocycles. The number of halogens is 2. The standard InChI is InChI=1S/C21H24Cl2N2O2S/c1-14-9-10-15(23)12-17(14)25(19(26)13-22)20(18-8-5-11-28-18)21(27)24-16-6-3-2-4-7-16/h5,8-12,16,20H,2-4,6-7,13H2,1H3,(H,24,27)/t20-/m1/s1. The van der Waals surface area contributed by atoms with E-state index in [4.69, 9.17) is 23.2 Å². The number of nitrogens with one attached hydrogen (secondary N) is 1. The SMILES string of the molecule is Cc1ccc(Cl)cc1N(C(=O)CCl)[C@@H](C(=O)NC1CCCCC1)c1cccs1. The van der Waals surface area contributed by atoms with Crippen molar-refractivity contribution in [2.24, 2.45) is 0 Å². The van der Waals surface area contributed by atoms with Gasteiger partial charge in [-0.1, -0.05) is 43.0 Å². The summed E-state index contributed by atoms with van der Waals surface area (Å²) in [6, 6.07) is 8.47. The number of aryl methyl sites for hydroxylation is 1. The largest absolute Gasteiger partial charge is 0.351 e. The average molecular weight is 439 g/mol. The topological polar surface area (TPSA) is 49.4 Å². The van der Waals surface area contributed by atoms with Crippen LogP contribution in [-0.2, 0) is 9.59 Å². The van der Waals surface area contributed by atoms with E-state index in [2.05, 4.69) is 5.32 Å². The third-order valence-corrected chi connectivity index (χ3v) is 6.47. The highest BCUT2D eigenvalue weighted by atomic mass is 35.5. The van der Waals surface area contributed by atoms with E-state index in [1.807, 2.05) is 30.5 Å². The second-order valence-electron chi connectivity index (χ2n) is 7.09. The molecule has 0 aliphatic heterocycles. The Morgan fingerprint density at radius 3 is 2.64 bits per heavy atom. The van der Waals surface area contributed by atoms with Gasteiger partial charge < -0.3 is 5.32 Å². The van der Waals surface area contributed by atoms with Gasteiger partial charge >= 0.3 is 0 Å². The number of hydrogen-bond donors (Lipinski definition) is 1. The summed E-state index contributed by atoms with van der Waals surface area (Å²) in [5.74, 6) is -0.721. The predicted molar refractivity (Wildman–Crippen MR) is 116 cm³/mol. The van der Waals surface area contributed by atoms with Crippen molar-refractivity contribution in [3.05, 3.63) is 51.2 Å². The van der Waals surface area contributed by atoms with Gasteiger partial charge in [0.1, 0.15) is 11.9 Å². The molecule has 4 nitrogen and oxygen atoms in total. The maximum absolute atomic E-state index is 13.4. The zero-order valence-corrected chi connectivity index (χ0v) is 18.1. The molecule has 2 aromatic rings. The van der Waals surface area contributed by atoms with Gasteiger partial charge in [-0.2, -0.15) is 0 Å². The number of benzene rings is 1. The van der Waals surface area contributed by atoms with Crippen LogP contribution in [0.1, 0.15) is 48.6 Å². The van der Waals surface area contributed by atoms with E-state index in [0.717, 1.165) is 36.1 Å². The fraction of sp³-hybridized carbons (Fsp3) is 0.429. The van der Waals surface area contributed by atoms with Gasteiger partial charge in [-0.3, -0.25) is 14.5 Å². The summed E-state index contributed by atoms with van der Waals surface area (Å²) in [7, 11) is 0. The van der Waals surface area contributed by atoms with Crippen LogP contribution >= 0.6 is 34.5 Å². The molecule has 7 heteroatoms. The molecule has 1 aliphatic carbocycles. The lowest BCUT2D eigenvalue weighted by atomic mass is 9.95. The predicted octanol–water partition coefficient (Wildman–Crippen LogP) is 5.47. The molecule has 1 N–H and O–H groups in total. The van der Waals surface area contributed by atoms with Crippen LogP contribution in [0.5, 0.6) is 0 Å². The summed E-state index contributed by atoms with van der Waals surface area (Å²) >= 11 is 13.6. The zero-order chi connectivity index (χ0) is 20.1. The first-order valence-corrected chi connectivity index (χ1v) is 11.3. The first-order chi connectivity index (χ1) is 13.5. The minimum Gasteiger partial charge on any atom is -0.351 e. The molecule has 1 saturated carbocycles. The summed E-state index contributed by atoms with van der Waals surface area (Å²) in [5, 5.41) is 5.58. The number of nitrogens with zero attached hydrogens (tertiary/aromatic N) is 1.